The van der Waals surface area contributed by atoms with E-state index in [1.54, 1.807) is 7.11 Å². The Balaban J connectivity index is 1.81. The predicted octanol–water partition coefficient (Wildman–Crippen LogP) is 4.65. The maximum Gasteiger partial charge on any atom is 0.268 e. The Morgan fingerprint density at radius 3 is 2.58 bits per heavy atom. The highest BCUT2D eigenvalue weighted by molar-refractivity contribution is 7.12. The molecule has 1 aromatic heterocycles. The molecule has 0 bridgehead atoms. The number of rotatable bonds is 6. The number of nitrogens with zero attached hydrogens (tertiary/aromatic N) is 1. The molecule has 0 saturated heterocycles. The van der Waals surface area contributed by atoms with Gasteiger partial charge in [0, 0.05) is 12.2 Å². The highest BCUT2D eigenvalue weighted by Crippen LogP contribution is 2.21. The molecule has 4 heteroatoms. The first-order valence-electron chi connectivity index (χ1n) is 7.81. The van der Waals surface area contributed by atoms with Crippen LogP contribution in [-0.4, -0.2) is 19.6 Å². The van der Waals surface area contributed by atoms with Crippen molar-refractivity contribution < 1.29 is 9.53 Å². The number of benzene rings is 2. The van der Waals surface area contributed by atoms with Gasteiger partial charge in [-0.2, -0.15) is 0 Å². The van der Waals surface area contributed by atoms with Crippen molar-refractivity contribution in [1.82, 2.24) is 0 Å². The summed E-state index contributed by atoms with van der Waals surface area (Å²) in [6, 6.07) is 21.5. The SMILES string of the molecule is COc1cccc(CCN(C(=O)c2cccs2)c2ccccc2)c1. The van der Waals surface area contributed by atoms with Crippen molar-refractivity contribution in [2.75, 3.05) is 18.6 Å². The predicted molar refractivity (Wildman–Crippen MR) is 99.1 cm³/mol. The molecule has 3 rings (SSSR count). The molecule has 24 heavy (non-hydrogen) atoms. The number of carbonyl (C=O) groups excluding carboxylic acids is 1. The molecule has 1 heterocycles. The largest absolute Gasteiger partial charge is 0.497 e. The Kier molecular flexibility index (Phi) is 5.29. The van der Waals surface area contributed by atoms with Crippen molar-refractivity contribution in [3.8, 4) is 5.75 Å². The molecule has 0 atom stereocenters. The minimum atomic E-state index is 0.0408. The maximum atomic E-state index is 12.9. The number of anilines is 1. The summed E-state index contributed by atoms with van der Waals surface area (Å²) in [6.07, 6.45) is 0.767. The minimum absolute atomic E-state index is 0.0408. The topological polar surface area (TPSA) is 29.5 Å². The van der Waals surface area contributed by atoms with Crippen LogP contribution in [0.3, 0.4) is 0 Å². The third-order valence-electron chi connectivity index (χ3n) is 3.80. The molecule has 2 aromatic carbocycles. The Morgan fingerprint density at radius 2 is 1.88 bits per heavy atom. The number of hydrogen-bond acceptors (Lipinski definition) is 3. The van der Waals surface area contributed by atoms with Crippen molar-refractivity contribution in [3.63, 3.8) is 0 Å². The molecule has 0 aliphatic heterocycles. The van der Waals surface area contributed by atoms with E-state index in [9.17, 15) is 4.79 Å². The molecule has 0 aliphatic rings. The van der Waals surface area contributed by atoms with Crippen LogP contribution in [0.25, 0.3) is 0 Å². The van der Waals surface area contributed by atoms with Gasteiger partial charge in [0.1, 0.15) is 5.75 Å². The van der Waals surface area contributed by atoms with Crippen LogP contribution in [0.5, 0.6) is 5.75 Å². The highest BCUT2D eigenvalue weighted by Gasteiger charge is 2.18. The normalized spacial score (nSPS) is 10.4. The summed E-state index contributed by atoms with van der Waals surface area (Å²) < 4.78 is 5.27. The Hall–Kier alpha value is -2.59. The second kappa shape index (κ2) is 7.79. The average Bonchev–Trinajstić information content (AvgIpc) is 3.17. The Labute approximate surface area is 146 Å². The molecule has 122 valence electrons. The van der Waals surface area contributed by atoms with Crippen molar-refractivity contribution in [2.45, 2.75) is 6.42 Å². The standard InChI is InChI=1S/C20H19NO2S/c1-23-18-10-5-7-16(15-18)12-13-21(17-8-3-2-4-9-17)20(22)19-11-6-14-24-19/h2-11,14-15H,12-13H2,1H3. The summed E-state index contributed by atoms with van der Waals surface area (Å²) >= 11 is 1.47. The molecule has 0 N–H and O–H groups in total. The molecule has 0 spiro atoms. The number of para-hydroxylation sites is 1. The Bertz CT molecular complexity index is 784. The number of hydrogen-bond donors (Lipinski definition) is 0. The van der Waals surface area contributed by atoms with Crippen molar-refractivity contribution in [1.29, 1.82) is 0 Å². The smallest absolute Gasteiger partial charge is 0.268 e. The molecule has 0 aliphatic carbocycles. The quantitative estimate of drug-likeness (QED) is 0.655. The number of carbonyl (C=O) groups is 1. The summed E-state index contributed by atoms with van der Waals surface area (Å²) in [4.78, 5) is 15.5. The zero-order valence-corrected chi connectivity index (χ0v) is 14.3. The van der Waals surface area contributed by atoms with Crippen LogP contribution in [0.1, 0.15) is 15.2 Å². The lowest BCUT2D eigenvalue weighted by Crippen LogP contribution is -2.32. The van der Waals surface area contributed by atoms with Crippen molar-refractivity contribution in [3.05, 3.63) is 82.6 Å². The van der Waals surface area contributed by atoms with Gasteiger partial charge in [0.15, 0.2) is 0 Å². The van der Waals surface area contributed by atoms with Gasteiger partial charge in [-0.1, -0.05) is 36.4 Å². The van der Waals surface area contributed by atoms with E-state index in [0.717, 1.165) is 28.3 Å². The van der Waals surface area contributed by atoms with E-state index in [2.05, 4.69) is 6.07 Å². The first kappa shape index (κ1) is 16.3. The van der Waals surface area contributed by atoms with Crippen molar-refractivity contribution in [2.24, 2.45) is 0 Å². The number of ether oxygens (including phenoxy) is 1. The molecule has 0 unspecified atom stereocenters. The van der Waals surface area contributed by atoms with Gasteiger partial charge in [-0.25, -0.2) is 0 Å². The summed E-state index contributed by atoms with van der Waals surface area (Å²) in [6.45, 7) is 0.619. The van der Waals surface area contributed by atoms with Crippen LogP contribution >= 0.6 is 11.3 Å². The van der Waals surface area contributed by atoms with Crippen LogP contribution in [0.4, 0.5) is 5.69 Å². The fraction of sp³-hybridized carbons (Fsp3) is 0.150. The zero-order valence-electron chi connectivity index (χ0n) is 13.5. The second-order valence-electron chi connectivity index (χ2n) is 5.37. The van der Waals surface area contributed by atoms with Crippen LogP contribution < -0.4 is 9.64 Å². The molecule has 0 saturated carbocycles. The first-order chi connectivity index (χ1) is 11.8. The lowest BCUT2D eigenvalue weighted by molar-refractivity contribution is 0.0991. The van der Waals surface area contributed by atoms with Gasteiger partial charge in [-0.15, -0.1) is 11.3 Å². The molecular weight excluding hydrogens is 318 g/mol. The monoisotopic (exact) mass is 337 g/mol. The lowest BCUT2D eigenvalue weighted by Gasteiger charge is -2.22. The van der Waals surface area contributed by atoms with Crippen molar-refractivity contribution >= 4 is 22.9 Å². The van der Waals surface area contributed by atoms with E-state index < -0.39 is 0 Å². The third kappa shape index (κ3) is 3.84. The molecular formula is C20H19NO2S. The third-order valence-corrected chi connectivity index (χ3v) is 4.66. The van der Waals surface area contributed by atoms with Gasteiger partial charge < -0.3 is 9.64 Å². The van der Waals surface area contributed by atoms with E-state index in [-0.39, 0.29) is 5.91 Å². The number of methoxy groups -OCH3 is 1. The van der Waals surface area contributed by atoms with E-state index in [1.165, 1.54) is 11.3 Å². The van der Waals surface area contributed by atoms with Gasteiger partial charge >= 0.3 is 0 Å². The van der Waals surface area contributed by atoms with Gasteiger partial charge in [0.25, 0.3) is 5.91 Å². The summed E-state index contributed by atoms with van der Waals surface area (Å²) in [5.74, 6) is 0.877. The average molecular weight is 337 g/mol. The molecule has 3 nitrogen and oxygen atoms in total. The fourth-order valence-corrected chi connectivity index (χ4v) is 3.23. The van der Waals surface area contributed by atoms with Gasteiger partial charge in [-0.05, 0) is 47.7 Å². The molecule has 1 amide bonds. The molecule has 0 radical (unpaired) electrons. The Morgan fingerprint density at radius 1 is 1.04 bits per heavy atom. The van der Waals surface area contributed by atoms with Gasteiger partial charge in [0.2, 0.25) is 0 Å². The zero-order chi connectivity index (χ0) is 16.8. The lowest BCUT2D eigenvalue weighted by atomic mass is 10.1. The highest BCUT2D eigenvalue weighted by atomic mass is 32.1. The van der Waals surface area contributed by atoms with E-state index >= 15 is 0 Å². The number of amides is 1. The first-order valence-corrected chi connectivity index (χ1v) is 8.69. The number of thiophene rings is 1. The fourth-order valence-electron chi connectivity index (χ4n) is 2.56. The van der Waals surface area contributed by atoms with Gasteiger partial charge in [-0.3, -0.25) is 4.79 Å². The second-order valence-corrected chi connectivity index (χ2v) is 6.32. The van der Waals surface area contributed by atoms with Crippen LogP contribution in [0, 0.1) is 0 Å². The molecule has 3 aromatic rings. The van der Waals surface area contributed by atoms with E-state index in [4.69, 9.17) is 4.74 Å². The van der Waals surface area contributed by atoms with Crippen LogP contribution in [0.2, 0.25) is 0 Å². The van der Waals surface area contributed by atoms with E-state index in [0.29, 0.717) is 6.54 Å². The maximum absolute atomic E-state index is 12.9. The van der Waals surface area contributed by atoms with Crippen LogP contribution in [0.15, 0.2) is 72.1 Å². The summed E-state index contributed by atoms with van der Waals surface area (Å²) in [7, 11) is 1.66. The van der Waals surface area contributed by atoms with Gasteiger partial charge in [0.05, 0.1) is 12.0 Å². The van der Waals surface area contributed by atoms with E-state index in [1.807, 2.05) is 70.9 Å². The minimum Gasteiger partial charge on any atom is -0.497 e. The summed E-state index contributed by atoms with van der Waals surface area (Å²) in [5, 5.41) is 1.93. The van der Waals surface area contributed by atoms with Crippen LogP contribution in [-0.2, 0) is 6.42 Å². The molecule has 0 fully saturated rings. The summed E-state index contributed by atoms with van der Waals surface area (Å²) in [5.41, 5.74) is 2.06.